The molecular weight excluding hydrogens is 237 g/mol. The largest absolute Gasteiger partial charge is 0.444 e. The van der Waals surface area contributed by atoms with E-state index in [1.807, 2.05) is 0 Å². The number of rotatable bonds is 0. The quantitative estimate of drug-likeness (QED) is 0.726. The first-order valence-electron chi connectivity index (χ1n) is 6.63. The summed E-state index contributed by atoms with van der Waals surface area (Å²) in [5.41, 5.74) is -0.576. The third-order valence-corrected chi connectivity index (χ3v) is 3.64. The molecule has 2 aliphatic heterocycles. The van der Waals surface area contributed by atoms with Gasteiger partial charge in [-0.2, -0.15) is 0 Å². The van der Waals surface area contributed by atoms with Gasteiger partial charge in [0.15, 0.2) is 0 Å². The van der Waals surface area contributed by atoms with Gasteiger partial charge in [-0.15, -0.1) is 0 Å². The fourth-order valence-electron chi connectivity index (χ4n) is 2.92. The molecule has 1 amide bonds. The normalized spacial score (nSPS) is 36.4. The van der Waals surface area contributed by atoms with Crippen LogP contribution in [0.4, 0.5) is 9.18 Å². The lowest BCUT2D eigenvalue weighted by molar-refractivity contribution is -0.0865. The minimum absolute atomic E-state index is 0.0828. The average Bonchev–Trinajstić information content (AvgIpc) is 2.23. The standard InChI is InChI=1S/C13H22FNO3/c1-13(2,3)18-12(17)15-8-5-4-6-9(15)11(14)10(16)7-8/h8-11,16H,4-7H2,1-3H3/t8-,9+,10-,11-/m1/s1. The minimum Gasteiger partial charge on any atom is -0.444 e. The highest BCUT2D eigenvalue weighted by Crippen LogP contribution is 2.36. The zero-order valence-corrected chi connectivity index (χ0v) is 11.2. The van der Waals surface area contributed by atoms with E-state index in [0.717, 1.165) is 12.8 Å². The van der Waals surface area contributed by atoms with E-state index in [4.69, 9.17) is 4.74 Å². The lowest BCUT2D eigenvalue weighted by Crippen LogP contribution is -2.62. The van der Waals surface area contributed by atoms with Crippen molar-refractivity contribution in [2.24, 2.45) is 0 Å². The molecule has 2 aliphatic rings. The lowest BCUT2D eigenvalue weighted by Gasteiger charge is -2.49. The number of carbonyl (C=O) groups is 1. The van der Waals surface area contributed by atoms with Crippen LogP contribution < -0.4 is 0 Å². The van der Waals surface area contributed by atoms with Gasteiger partial charge in [-0.25, -0.2) is 9.18 Å². The third kappa shape index (κ3) is 2.60. The molecule has 2 heterocycles. The molecule has 104 valence electrons. The van der Waals surface area contributed by atoms with E-state index in [1.165, 1.54) is 4.90 Å². The van der Waals surface area contributed by atoms with Crippen LogP contribution in [0.3, 0.4) is 0 Å². The van der Waals surface area contributed by atoms with Gasteiger partial charge in [0.05, 0.1) is 12.1 Å². The van der Waals surface area contributed by atoms with Crippen LogP contribution in [0.1, 0.15) is 46.5 Å². The summed E-state index contributed by atoms with van der Waals surface area (Å²) in [5, 5.41) is 9.66. The summed E-state index contributed by atoms with van der Waals surface area (Å²) in [6.07, 6.45) is -0.105. The molecule has 18 heavy (non-hydrogen) atoms. The topological polar surface area (TPSA) is 49.8 Å². The van der Waals surface area contributed by atoms with Gasteiger partial charge < -0.3 is 9.84 Å². The number of ether oxygens (including phenoxy) is 1. The fourth-order valence-corrected chi connectivity index (χ4v) is 2.92. The second-order valence-electron chi connectivity index (χ2n) is 6.29. The summed E-state index contributed by atoms with van der Waals surface area (Å²) < 4.78 is 19.3. The van der Waals surface area contributed by atoms with Gasteiger partial charge in [-0.1, -0.05) is 0 Å². The van der Waals surface area contributed by atoms with Crippen molar-refractivity contribution >= 4 is 6.09 Å². The van der Waals surface area contributed by atoms with E-state index < -0.39 is 30.0 Å². The van der Waals surface area contributed by atoms with Gasteiger partial charge in [0.1, 0.15) is 11.8 Å². The maximum atomic E-state index is 14.0. The number of piperidine rings is 2. The molecule has 0 spiro atoms. The van der Waals surface area contributed by atoms with Crippen LogP contribution in [0.2, 0.25) is 0 Å². The van der Waals surface area contributed by atoms with Crippen LogP contribution in [0.15, 0.2) is 0 Å². The first-order valence-corrected chi connectivity index (χ1v) is 6.63. The van der Waals surface area contributed by atoms with Crippen LogP contribution in [0.5, 0.6) is 0 Å². The maximum Gasteiger partial charge on any atom is 0.410 e. The van der Waals surface area contributed by atoms with Crippen molar-refractivity contribution in [3.05, 3.63) is 0 Å². The summed E-state index contributed by atoms with van der Waals surface area (Å²) in [4.78, 5) is 13.7. The Kier molecular flexibility index (Phi) is 3.54. The first kappa shape index (κ1) is 13.6. The number of fused-ring (bicyclic) bond motifs is 2. The highest BCUT2D eigenvalue weighted by atomic mass is 19.1. The van der Waals surface area contributed by atoms with Crippen LogP contribution in [0, 0.1) is 0 Å². The van der Waals surface area contributed by atoms with E-state index in [2.05, 4.69) is 0 Å². The Labute approximate surface area is 107 Å². The summed E-state index contributed by atoms with van der Waals surface area (Å²) in [6.45, 7) is 5.39. The molecule has 2 fully saturated rings. The Hall–Kier alpha value is -0.840. The molecule has 0 saturated carbocycles. The lowest BCUT2D eigenvalue weighted by atomic mass is 9.82. The molecule has 0 radical (unpaired) electrons. The Morgan fingerprint density at radius 3 is 2.67 bits per heavy atom. The average molecular weight is 259 g/mol. The number of carbonyl (C=O) groups excluding carboxylic acids is 1. The van der Waals surface area contributed by atoms with Crippen LogP contribution in [0.25, 0.3) is 0 Å². The Morgan fingerprint density at radius 2 is 2.06 bits per heavy atom. The fraction of sp³-hybridized carbons (Fsp3) is 0.923. The van der Waals surface area contributed by atoms with Gasteiger partial charge in [0.25, 0.3) is 0 Å². The molecule has 0 unspecified atom stereocenters. The molecular formula is C13H22FNO3. The maximum absolute atomic E-state index is 14.0. The third-order valence-electron chi connectivity index (χ3n) is 3.64. The second-order valence-corrected chi connectivity index (χ2v) is 6.29. The number of hydrogen-bond donors (Lipinski definition) is 1. The summed E-state index contributed by atoms with van der Waals surface area (Å²) in [7, 11) is 0. The molecule has 0 aromatic carbocycles. The van der Waals surface area contributed by atoms with Crippen LogP contribution in [-0.4, -0.2) is 46.1 Å². The summed E-state index contributed by atoms with van der Waals surface area (Å²) >= 11 is 0. The molecule has 0 aromatic rings. The number of nitrogens with zero attached hydrogens (tertiary/aromatic N) is 1. The highest BCUT2D eigenvalue weighted by molar-refractivity contribution is 5.69. The predicted octanol–water partition coefficient (Wildman–Crippen LogP) is 2.25. The number of hydrogen-bond acceptors (Lipinski definition) is 3. The Balaban J connectivity index is 2.14. The van der Waals surface area contributed by atoms with Crippen molar-refractivity contribution in [2.75, 3.05) is 0 Å². The number of aliphatic hydroxyl groups is 1. The zero-order chi connectivity index (χ0) is 13.5. The molecule has 2 bridgehead atoms. The Bertz CT molecular complexity index is 329. The van der Waals surface area contributed by atoms with E-state index in [1.54, 1.807) is 20.8 Å². The smallest absolute Gasteiger partial charge is 0.410 e. The first-order chi connectivity index (χ1) is 8.29. The number of halogens is 1. The van der Waals surface area contributed by atoms with Crippen molar-refractivity contribution < 1.29 is 19.0 Å². The van der Waals surface area contributed by atoms with Crippen LogP contribution >= 0.6 is 0 Å². The van der Waals surface area contributed by atoms with Gasteiger partial charge in [0, 0.05) is 6.04 Å². The molecule has 0 aromatic heterocycles. The predicted molar refractivity (Wildman–Crippen MR) is 65.0 cm³/mol. The zero-order valence-electron chi connectivity index (χ0n) is 11.2. The molecule has 1 N–H and O–H groups in total. The van der Waals surface area contributed by atoms with Gasteiger partial charge in [-0.3, -0.25) is 4.90 Å². The SMILES string of the molecule is CC(C)(C)OC(=O)N1[C@@H]2CCC[C@H]1[C@@H](F)[C@H](O)C2. The molecule has 5 heteroatoms. The number of alkyl halides is 1. The van der Waals surface area contributed by atoms with E-state index in [0.29, 0.717) is 12.8 Å². The monoisotopic (exact) mass is 259 g/mol. The minimum atomic E-state index is -1.35. The van der Waals surface area contributed by atoms with Gasteiger partial charge >= 0.3 is 6.09 Å². The van der Waals surface area contributed by atoms with Gasteiger partial charge in [-0.05, 0) is 46.5 Å². The second kappa shape index (κ2) is 4.68. The van der Waals surface area contributed by atoms with E-state index >= 15 is 0 Å². The number of amides is 1. The van der Waals surface area contributed by atoms with E-state index in [-0.39, 0.29) is 6.04 Å². The number of aliphatic hydroxyl groups excluding tert-OH is 1. The van der Waals surface area contributed by atoms with Crippen molar-refractivity contribution in [2.45, 2.75) is 76.4 Å². The molecule has 4 atom stereocenters. The van der Waals surface area contributed by atoms with E-state index in [9.17, 15) is 14.3 Å². The van der Waals surface area contributed by atoms with Crippen LogP contribution in [-0.2, 0) is 4.74 Å². The highest BCUT2D eigenvalue weighted by Gasteiger charge is 2.48. The van der Waals surface area contributed by atoms with Gasteiger partial charge in [0.2, 0.25) is 0 Å². The van der Waals surface area contributed by atoms with Crippen molar-refractivity contribution in [3.8, 4) is 0 Å². The summed E-state index contributed by atoms with van der Waals surface area (Å²) in [5.74, 6) is 0. The molecule has 2 rings (SSSR count). The van der Waals surface area contributed by atoms with Crippen molar-refractivity contribution in [1.82, 2.24) is 4.90 Å². The van der Waals surface area contributed by atoms with Crippen molar-refractivity contribution in [1.29, 1.82) is 0 Å². The molecule has 0 aliphatic carbocycles. The van der Waals surface area contributed by atoms with Crippen molar-refractivity contribution in [3.63, 3.8) is 0 Å². The molecule has 2 saturated heterocycles. The molecule has 4 nitrogen and oxygen atoms in total. The Morgan fingerprint density at radius 1 is 1.39 bits per heavy atom. The summed E-state index contributed by atoms with van der Waals surface area (Å²) in [6, 6.07) is -0.608.